The van der Waals surface area contributed by atoms with Crippen molar-refractivity contribution in [2.45, 2.75) is 26.7 Å². The van der Waals surface area contributed by atoms with Crippen molar-refractivity contribution in [1.29, 1.82) is 0 Å². The molecule has 19 heavy (non-hydrogen) atoms. The second kappa shape index (κ2) is 5.05. The Morgan fingerprint density at radius 1 is 1.05 bits per heavy atom. The number of hydrogen-bond acceptors (Lipinski definition) is 0. The van der Waals surface area contributed by atoms with Gasteiger partial charge in [0.2, 0.25) is 0 Å². The molecule has 0 heteroatoms. The van der Waals surface area contributed by atoms with E-state index in [2.05, 4.69) is 68.5 Å². The highest BCUT2D eigenvalue weighted by Gasteiger charge is 2.36. The van der Waals surface area contributed by atoms with Gasteiger partial charge in [-0.05, 0) is 54.6 Å². The van der Waals surface area contributed by atoms with Crippen LogP contribution in [0.5, 0.6) is 0 Å². The fraction of sp³-hybridized carbons (Fsp3) is 0.263. The normalized spacial score (nSPS) is 27.5. The molecule has 3 aliphatic rings. The fourth-order valence-electron chi connectivity index (χ4n) is 3.44. The van der Waals surface area contributed by atoms with Gasteiger partial charge in [0.1, 0.15) is 0 Å². The molecule has 0 aromatic heterocycles. The Morgan fingerprint density at radius 2 is 1.84 bits per heavy atom. The SMILES string of the molecule is C/C=C\C1=C2C(=C\C)/CCC2C2=C1C=CC=CC=C2. The molecular weight excluding hydrogens is 228 g/mol. The molecule has 3 rings (SSSR count). The minimum atomic E-state index is 0.611. The van der Waals surface area contributed by atoms with E-state index in [1.165, 1.54) is 29.6 Å². The summed E-state index contributed by atoms with van der Waals surface area (Å²) in [6.45, 7) is 4.27. The first-order valence-electron chi connectivity index (χ1n) is 7.15. The summed E-state index contributed by atoms with van der Waals surface area (Å²) in [5.74, 6) is 0.611. The Morgan fingerprint density at radius 3 is 2.58 bits per heavy atom. The second-order valence-electron chi connectivity index (χ2n) is 5.20. The maximum atomic E-state index is 2.30. The zero-order valence-electron chi connectivity index (χ0n) is 11.7. The maximum absolute atomic E-state index is 2.30. The van der Waals surface area contributed by atoms with E-state index >= 15 is 0 Å². The first-order valence-corrected chi connectivity index (χ1v) is 7.15. The van der Waals surface area contributed by atoms with Gasteiger partial charge in [-0.1, -0.05) is 54.7 Å². The van der Waals surface area contributed by atoms with Crippen LogP contribution in [0.4, 0.5) is 0 Å². The highest BCUT2D eigenvalue weighted by molar-refractivity contribution is 5.68. The molecule has 1 saturated carbocycles. The predicted molar refractivity (Wildman–Crippen MR) is 82.8 cm³/mol. The van der Waals surface area contributed by atoms with Gasteiger partial charge in [-0.15, -0.1) is 0 Å². The van der Waals surface area contributed by atoms with Gasteiger partial charge in [-0.25, -0.2) is 0 Å². The van der Waals surface area contributed by atoms with Gasteiger partial charge in [0.05, 0.1) is 0 Å². The van der Waals surface area contributed by atoms with E-state index in [-0.39, 0.29) is 0 Å². The lowest BCUT2D eigenvalue weighted by Gasteiger charge is -2.08. The Balaban J connectivity index is 2.19. The van der Waals surface area contributed by atoms with Gasteiger partial charge in [-0.3, -0.25) is 0 Å². The molecular formula is C19H20. The summed E-state index contributed by atoms with van der Waals surface area (Å²) >= 11 is 0. The first-order chi connectivity index (χ1) is 9.36. The molecule has 96 valence electrons. The van der Waals surface area contributed by atoms with Crippen LogP contribution in [0.2, 0.25) is 0 Å². The van der Waals surface area contributed by atoms with E-state index in [0.717, 1.165) is 0 Å². The molecule has 0 aliphatic heterocycles. The molecule has 1 unspecified atom stereocenters. The molecule has 0 spiro atoms. The molecule has 0 heterocycles. The van der Waals surface area contributed by atoms with Crippen LogP contribution in [0, 0.1) is 5.92 Å². The third kappa shape index (κ3) is 1.92. The van der Waals surface area contributed by atoms with Crippen molar-refractivity contribution in [3.05, 3.63) is 82.5 Å². The van der Waals surface area contributed by atoms with Crippen molar-refractivity contribution in [1.82, 2.24) is 0 Å². The molecule has 0 aromatic rings. The summed E-state index contributed by atoms with van der Waals surface area (Å²) in [5, 5.41) is 0. The minimum Gasteiger partial charge on any atom is -0.0870 e. The number of hydrogen-bond donors (Lipinski definition) is 0. The molecule has 0 aromatic carbocycles. The number of fused-ring (bicyclic) bond motifs is 2. The average Bonchev–Trinajstić information content (AvgIpc) is 2.90. The van der Waals surface area contributed by atoms with Crippen LogP contribution in [0.15, 0.2) is 82.5 Å². The summed E-state index contributed by atoms with van der Waals surface area (Å²) < 4.78 is 0. The smallest absolute Gasteiger partial charge is 0.0107 e. The lowest BCUT2D eigenvalue weighted by Crippen LogP contribution is -1.96. The van der Waals surface area contributed by atoms with Crippen molar-refractivity contribution in [2.75, 3.05) is 0 Å². The molecule has 0 saturated heterocycles. The number of allylic oxidation sites excluding steroid dienone is 14. The van der Waals surface area contributed by atoms with E-state index in [4.69, 9.17) is 0 Å². The standard InChI is InChI=1S/C19H20/c1-3-9-17-15-10-7-5-6-8-11-16(15)18-13-12-14(4-2)19(17)18/h3-11,18H,12-13H2,1-2H3/b6-5?,7-5?,8-6?,9-3-,10-7?,11-8?,14-4-,15-10?,16-11?. The highest BCUT2D eigenvalue weighted by atomic mass is 14.4. The van der Waals surface area contributed by atoms with Gasteiger partial charge < -0.3 is 0 Å². The van der Waals surface area contributed by atoms with Crippen LogP contribution in [-0.4, -0.2) is 0 Å². The molecule has 0 nitrogen and oxygen atoms in total. The summed E-state index contributed by atoms with van der Waals surface area (Å²) in [4.78, 5) is 0. The topological polar surface area (TPSA) is 0 Å². The Labute approximate surface area is 115 Å². The van der Waals surface area contributed by atoms with Crippen molar-refractivity contribution in [3.8, 4) is 0 Å². The van der Waals surface area contributed by atoms with Gasteiger partial charge in [0.15, 0.2) is 0 Å². The van der Waals surface area contributed by atoms with Crippen LogP contribution in [0.3, 0.4) is 0 Å². The lowest BCUT2D eigenvalue weighted by molar-refractivity contribution is 0.749. The minimum absolute atomic E-state index is 0.611. The highest BCUT2D eigenvalue weighted by Crippen LogP contribution is 2.51. The summed E-state index contributed by atoms with van der Waals surface area (Å²) in [7, 11) is 0. The molecule has 1 atom stereocenters. The van der Waals surface area contributed by atoms with Crippen LogP contribution >= 0.6 is 0 Å². The molecule has 0 bridgehead atoms. The van der Waals surface area contributed by atoms with Crippen molar-refractivity contribution >= 4 is 0 Å². The van der Waals surface area contributed by atoms with Crippen molar-refractivity contribution in [2.24, 2.45) is 5.92 Å². The predicted octanol–water partition coefficient (Wildman–Crippen LogP) is 5.21. The maximum Gasteiger partial charge on any atom is 0.0107 e. The van der Waals surface area contributed by atoms with E-state index in [1.54, 1.807) is 11.1 Å². The molecule has 0 radical (unpaired) electrons. The Hall–Kier alpha value is -1.82. The van der Waals surface area contributed by atoms with Crippen LogP contribution in [0.25, 0.3) is 0 Å². The second-order valence-corrected chi connectivity index (χ2v) is 5.20. The molecule has 0 N–H and O–H groups in total. The van der Waals surface area contributed by atoms with E-state index in [9.17, 15) is 0 Å². The van der Waals surface area contributed by atoms with Crippen LogP contribution in [-0.2, 0) is 0 Å². The Kier molecular flexibility index (Phi) is 3.25. The van der Waals surface area contributed by atoms with E-state index in [0.29, 0.717) is 5.92 Å². The summed E-state index contributed by atoms with van der Waals surface area (Å²) in [5.41, 5.74) is 7.46. The molecule has 1 fully saturated rings. The fourth-order valence-corrected chi connectivity index (χ4v) is 3.44. The van der Waals surface area contributed by atoms with Gasteiger partial charge in [0.25, 0.3) is 0 Å². The third-order valence-electron chi connectivity index (χ3n) is 4.22. The van der Waals surface area contributed by atoms with Gasteiger partial charge >= 0.3 is 0 Å². The zero-order chi connectivity index (χ0) is 13.2. The van der Waals surface area contributed by atoms with Gasteiger partial charge in [0, 0.05) is 5.92 Å². The largest absolute Gasteiger partial charge is 0.0870 e. The molecule has 0 amide bonds. The van der Waals surface area contributed by atoms with Crippen LogP contribution in [0.1, 0.15) is 26.7 Å². The quantitative estimate of drug-likeness (QED) is 0.597. The molecule has 3 aliphatic carbocycles. The zero-order valence-corrected chi connectivity index (χ0v) is 11.7. The van der Waals surface area contributed by atoms with E-state index in [1.807, 2.05) is 0 Å². The third-order valence-corrected chi connectivity index (χ3v) is 4.22. The first kappa shape index (κ1) is 12.2. The average molecular weight is 248 g/mol. The van der Waals surface area contributed by atoms with Crippen molar-refractivity contribution in [3.63, 3.8) is 0 Å². The summed E-state index contributed by atoms with van der Waals surface area (Å²) in [6.07, 6.45) is 22.3. The number of rotatable bonds is 1. The van der Waals surface area contributed by atoms with Gasteiger partial charge in [-0.2, -0.15) is 0 Å². The van der Waals surface area contributed by atoms with Crippen molar-refractivity contribution < 1.29 is 0 Å². The summed E-state index contributed by atoms with van der Waals surface area (Å²) in [6, 6.07) is 0. The van der Waals surface area contributed by atoms with E-state index < -0.39 is 0 Å². The Bertz CT molecular complexity index is 598. The van der Waals surface area contributed by atoms with Crippen LogP contribution < -0.4 is 0 Å². The monoisotopic (exact) mass is 248 g/mol. The lowest BCUT2D eigenvalue weighted by atomic mass is 9.95.